The lowest BCUT2D eigenvalue weighted by molar-refractivity contribution is 0.944. The minimum Gasteiger partial charge on any atom is -0.279 e. The smallest absolute Gasteiger partial charge is 0.241 e. The van der Waals surface area contributed by atoms with Crippen molar-refractivity contribution in [1.82, 2.24) is 24.9 Å². The molecule has 0 amide bonds. The summed E-state index contributed by atoms with van der Waals surface area (Å²) in [5, 5.41) is 0. The van der Waals surface area contributed by atoms with E-state index in [9.17, 15) is 0 Å². The Morgan fingerprint density at radius 2 is 0.661 bits per heavy atom. The standard InChI is InChI=1S/C49H32N8S2/c1-5-13-43-39(9-1)56(40-10-2-6-14-44(40)58-43)48-52-47(53-49(54-48)57-41-11-3-7-15-45(41)59-46-16-8-4-12-42(46)57)55(37-21-17-33(18-22-37)35-25-29-50-30-26-35)38-23-19-34(20-24-38)36-27-31-51-32-28-36/h1-32H. The molecule has 0 N–H and O–H groups in total. The Bertz CT molecular complexity index is 2680. The minimum absolute atomic E-state index is 0.472. The molecule has 0 fully saturated rings. The van der Waals surface area contributed by atoms with Crippen molar-refractivity contribution in [3.8, 4) is 22.3 Å². The van der Waals surface area contributed by atoms with Gasteiger partial charge in [0.2, 0.25) is 17.8 Å². The van der Waals surface area contributed by atoms with E-state index in [0.717, 1.165) is 76.0 Å². The average Bonchev–Trinajstić information content (AvgIpc) is 3.31. The molecule has 0 aliphatic carbocycles. The van der Waals surface area contributed by atoms with Crippen molar-refractivity contribution in [3.05, 3.63) is 195 Å². The van der Waals surface area contributed by atoms with E-state index in [1.54, 1.807) is 23.5 Å². The third kappa shape index (κ3) is 6.44. The van der Waals surface area contributed by atoms with Crippen LogP contribution in [-0.4, -0.2) is 24.9 Å². The zero-order valence-corrected chi connectivity index (χ0v) is 33.0. The van der Waals surface area contributed by atoms with Crippen LogP contribution in [-0.2, 0) is 0 Å². The van der Waals surface area contributed by atoms with Crippen LogP contribution in [0.1, 0.15) is 0 Å². The molecule has 11 rings (SSSR count). The summed E-state index contributed by atoms with van der Waals surface area (Å²) in [7, 11) is 0. The van der Waals surface area contributed by atoms with Crippen LogP contribution in [0.15, 0.2) is 214 Å². The lowest BCUT2D eigenvalue weighted by Crippen LogP contribution is -2.24. The second-order valence-corrected chi connectivity index (χ2v) is 16.0. The molecule has 9 aromatic rings. The first kappa shape index (κ1) is 34.9. The normalized spacial score (nSPS) is 12.5. The summed E-state index contributed by atoms with van der Waals surface area (Å²) in [6.45, 7) is 0. The first-order chi connectivity index (χ1) is 29.2. The molecule has 0 unspecified atom stereocenters. The van der Waals surface area contributed by atoms with Crippen molar-refractivity contribution >= 4 is 75.5 Å². The summed E-state index contributed by atoms with van der Waals surface area (Å²) in [5.41, 5.74) is 10.1. The lowest BCUT2D eigenvalue weighted by atomic mass is 10.1. The van der Waals surface area contributed by atoms with Gasteiger partial charge in [-0.25, -0.2) is 0 Å². The summed E-state index contributed by atoms with van der Waals surface area (Å²) in [6.07, 6.45) is 7.27. The van der Waals surface area contributed by atoms with Crippen LogP contribution in [0.3, 0.4) is 0 Å². The maximum Gasteiger partial charge on any atom is 0.241 e. The van der Waals surface area contributed by atoms with Crippen LogP contribution in [0, 0.1) is 0 Å². The van der Waals surface area contributed by atoms with Crippen LogP contribution >= 0.6 is 23.5 Å². The number of pyridine rings is 2. The number of rotatable bonds is 7. The van der Waals surface area contributed by atoms with Crippen molar-refractivity contribution in [2.24, 2.45) is 0 Å². The van der Waals surface area contributed by atoms with Gasteiger partial charge >= 0.3 is 0 Å². The van der Waals surface area contributed by atoms with Gasteiger partial charge in [0, 0.05) is 55.7 Å². The van der Waals surface area contributed by atoms with Crippen molar-refractivity contribution in [3.63, 3.8) is 0 Å². The highest BCUT2D eigenvalue weighted by Gasteiger charge is 2.32. The topological polar surface area (TPSA) is 74.2 Å². The van der Waals surface area contributed by atoms with Crippen LogP contribution in [0.5, 0.6) is 0 Å². The molecule has 0 radical (unpaired) electrons. The molecule has 280 valence electrons. The predicted molar refractivity (Wildman–Crippen MR) is 239 cm³/mol. The van der Waals surface area contributed by atoms with E-state index in [2.05, 4.69) is 170 Å². The molecule has 0 atom stereocenters. The molecule has 3 aromatic heterocycles. The van der Waals surface area contributed by atoms with E-state index in [0.29, 0.717) is 17.8 Å². The Morgan fingerprint density at radius 3 is 1.02 bits per heavy atom. The first-order valence-corrected chi connectivity index (χ1v) is 20.8. The number of hydrogen-bond acceptors (Lipinski definition) is 10. The Hall–Kier alpha value is -7.27. The molecule has 0 bridgehead atoms. The minimum atomic E-state index is 0.472. The Labute approximate surface area is 350 Å². The summed E-state index contributed by atoms with van der Waals surface area (Å²) in [4.78, 5) is 35.7. The monoisotopic (exact) mass is 796 g/mol. The molecule has 2 aliphatic rings. The number of anilines is 9. The Morgan fingerprint density at radius 1 is 0.339 bits per heavy atom. The molecule has 5 heterocycles. The van der Waals surface area contributed by atoms with Crippen LogP contribution in [0.25, 0.3) is 22.3 Å². The number of aromatic nitrogens is 5. The molecule has 2 aliphatic heterocycles. The average molecular weight is 797 g/mol. The second kappa shape index (κ2) is 14.9. The van der Waals surface area contributed by atoms with Gasteiger partial charge in [-0.3, -0.25) is 24.7 Å². The van der Waals surface area contributed by atoms with Crippen molar-refractivity contribution in [2.45, 2.75) is 19.6 Å². The third-order valence-corrected chi connectivity index (χ3v) is 12.6. The van der Waals surface area contributed by atoms with E-state index in [1.807, 2.05) is 49.1 Å². The summed E-state index contributed by atoms with van der Waals surface area (Å²) in [6, 6.07) is 58.9. The predicted octanol–water partition coefficient (Wildman–Crippen LogP) is 13.3. The second-order valence-electron chi connectivity index (χ2n) is 13.9. The lowest BCUT2D eigenvalue weighted by Gasteiger charge is -2.34. The molecular weight excluding hydrogens is 765 g/mol. The van der Waals surface area contributed by atoms with Gasteiger partial charge in [-0.1, -0.05) is 96.3 Å². The highest BCUT2D eigenvalue weighted by molar-refractivity contribution is 8.00. The third-order valence-electron chi connectivity index (χ3n) is 10.3. The molecule has 6 aromatic carbocycles. The van der Waals surface area contributed by atoms with Gasteiger partial charge in [0.1, 0.15) is 0 Å². The van der Waals surface area contributed by atoms with Crippen LogP contribution in [0.2, 0.25) is 0 Å². The fourth-order valence-corrected chi connectivity index (χ4v) is 9.67. The number of nitrogens with zero attached hydrogens (tertiary/aromatic N) is 8. The largest absolute Gasteiger partial charge is 0.279 e. The van der Waals surface area contributed by atoms with Gasteiger partial charge in [-0.15, -0.1) is 0 Å². The van der Waals surface area contributed by atoms with Crippen LogP contribution < -0.4 is 14.7 Å². The molecular formula is C49H32N8S2. The van der Waals surface area contributed by atoms with Crippen LogP contribution in [0.4, 0.5) is 52.0 Å². The van der Waals surface area contributed by atoms with Crippen molar-refractivity contribution < 1.29 is 0 Å². The van der Waals surface area contributed by atoms with E-state index < -0.39 is 0 Å². The van der Waals surface area contributed by atoms with E-state index in [4.69, 9.17) is 15.0 Å². The Kier molecular flexibility index (Phi) is 8.83. The maximum atomic E-state index is 5.45. The van der Waals surface area contributed by atoms with Gasteiger partial charge in [-0.2, -0.15) is 15.0 Å². The summed E-state index contributed by atoms with van der Waals surface area (Å²) < 4.78 is 0. The van der Waals surface area contributed by atoms with Gasteiger partial charge in [0.25, 0.3) is 0 Å². The van der Waals surface area contributed by atoms with Gasteiger partial charge in [0.05, 0.1) is 22.7 Å². The molecule has 8 nitrogen and oxygen atoms in total. The van der Waals surface area contributed by atoms with E-state index in [-0.39, 0.29) is 0 Å². The van der Waals surface area contributed by atoms with E-state index in [1.165, 1.54) is 0 Å². The fraction of sp³-hybridized carbons (Fsp3) is 0. The van der Waals surface area contributed by atoms with Gasteiger partial charge in [0.15, 0.2) is 0 Å². The molecule has 0 spiro atoms. The maximum absolute atomic E-state index is 5.45. The first-order valence-electron chi connectivity index (χ1n) is 19.1. The molecule has 59 heavy (non-hydrogen) atoms. The van der Waals surface area contributed by atoms with Gasteiger partial charge < -0.3 is 0 Å². The molecule has 0 saturated carbocycles. The Balaban J connectivity index is 1.16. The zero-order chi connectivity index (χ0) is 39.1. The number of benzene rings is 6. The molecule has 0 saturated heterocycles. The highest BCUT2D eigenvalue weighted by atomic mass is 32.2. The van der Waals surface area contributed by atoms with Crippen molar-refractivity contribution in [1.29, 1.82) is 0 Å². The van der Waals surface area contributed by atoms with E-state index >= 15 is 0 Å². The van der Waals surface area contributed by atoms with Crippen molar-refractivity contribution in [2.75, 3.05) is 14.7 Å². The van der Waals surface area contributed by atoms with Gasteiger partial charge in [-0.05, 0) is 119 Å². The number of para-hydroxylation sites is 4. The number of hydrogen-bond donors (Lipinski definition) is 0. The fourth-order valence-electron chi connectivity index (χ4n) is 7.56. The number of fused-ring (bicyclic) bond motifs is 4. The molecule has 10 heteroatoms. The highest BCUT2D eigenvalue weighted by Crippen LogP contribution is 2.53. The summed E-state index contributed by atoms with van der Waals surface area (Å²) in [5.74, 6) is 1.48. The quantitative estimate of drug-likeness (QED) is 0.156. The SMILES string of the molecule is c1ccc2c(c1)Sc1ccccc1N2c1nc(N(c2ccc(-c3ccncc3)cc2)c2ccc(-c3ccncc3)cc2)nc(N2c3ccccc3Sc3ccccc32)n1. The summed E-state index contributed by atoms with van der Waals surface area (Å²) >= 11 is 3.51. The zero-order valence-electron chi connectivity index (χ0n) is 31.4.